The number of carboxylic acid groups (broad SMARTS) is 1. The molecule has 1 unspecified atom stereocenters. The van der Waals surface area contributed by atoms with Gasteiger partial charge in [0.2, 0.25) is 0 Å². The van der Waals surface area contributed by atoms with Gasteiger partial charge in [0.1, 0.15) is 0 Å². The normalized spacial score (nSPS) is 20.3. The summed E-state index contributed by atoms with van der Waals surface area (Å²) in [6.07, 6.45) is 14.0. The van der Waals surface area contributed by atoms with Gasteiger partial charge >= 0.3 is 5.97 Å². The van der Waals surface area contributed by atoms with Gasteiger partial charge in [0.15, 0.2) is 0 Å². The van der Waals surface area contributed by atoms with Crippen molar-refractivity contribution in [3.63, 3.8) is 0 Å². The van der Waals surface area contributed by atoms with Crippen LogP contribution in [0.1, 0.15) is 78.6 Å². The first-order valence-electron chi connectivity index (χ1n) is 9.07. The molecule has 2 rings (SSSR count). The van der Waals surface area contributed by atoms with E-state index in [4.69, 9.17) is 15.3 Å². The molecule has 3 N–H and O–H groups in total. The van der Waals surface area contributed by atoms with E-state index < -0.39 is 5.97 Å². The van der Waals surface area contributed by atoms with E-state index in [9.17, 15) is 4.79 Å². The Morgan fingerprint density at radius 1 is 1.09 bits per heavy atom. The summed E-state index contributed by atoms with van der Waals surface area (Å²) in [4.78, 5) is 9.86. The summed E-state index contributed by atoms with van der Waals surface area (Å²) in [6, 6.07) is 0. The average Bonchev–Trinajstić information content (AvgIpc) is 3.19. The van der Waals surface area contributed by atoms with Crippen LogP contribution in [-0.4, -0.2) is 34.0 Å². The summed E-state index contributed by atoms with van der Waals surface area (Å²) in [5, 5.41) is 24.6. The fourth-order valence-electron chi connectivity index (χ4n) is 3.17. The van der Waals surface area contributed by atoms with Crippen LogP contribution in [0.3, 0.4) is 0 Å². The summed E-state index contributed by atoms with van der Waals surface area (Å²) in [7, 11) is 0. The summed E-state index contributed by atoms with van der Waals surface area (Å²) >= 11 is 0. The van der Waals surface area contributed by atoms with Crippen molar-refractivity contribution in [3.8, 4) is 0 Å². The van der Waals surface area contributed by atoms with Crippen LogP contribution in [0.15, 0.2) is 11.6 Å². The Labute approximate surface area is 141 Å². The number of hydrogen-bond acceptors (Lipinski definition) is 3. The molecule has 2 saturated carbocycles. The molecule has 0 aromatic carbocycles. The van der Waals surface area contributed by atoms with Gasteiger partial charge in [-0.1, -0.05) is 57.4 Å². The van der Waals surface area contributed by atoms with Crippen molar-refractivity contribution in [2.45, 2.75) is 84.7 Å². The summed E-state index contributed by atoms with van der Waals surface area (Å²) in [6.45, 7) is 4.99. The quantitative estimate of drug-likeness (QED) is 0.677. The van der Waals surface area contributed by atoms with Crippen molar-refractivity contribution in [2.24, 2.45) is 11.8 Å². The molecule has 0 spiro atoms. The largest absolute Gasteiger partial charge is 0.478 e. The molecular weight excluding hydrogens is 292 g/mol. The highest BCUT2D eigenvalue weighted by atomic mass is 16.4. The molecule has 2 fully saturated rings. The van der Waals surface area contributed by atoms with Crippen LogP contribution < -0.4 is 0 Å². The lowest BCUT2D eigenvalue weighted by atomic mass is 9.90. The molecule has 0 bridgehead atoms. The molecule has 4 heteroatoms. The summed E-state index contributed by atoms with van der Waals surface area (Å²) in [5.74, 6) is 1.47. The van der Waals surface area contributed by atoms with Crippen LogP contribution in [0.4, 0.5) is 0 Å². The minimum absolute atomic E-state index is 0.0810. The Balaban J connectivity index is 0.000000333. The number of aliphatic hydroxyl groups excluding tert-OH is 2. The second-order valence-corrected chi connectivity index (χ2v) is 6.73. The Kier molecular flexibility index (Phi) is 13.0. The van der Waals surface area contributed by atoms with Crippen molar-refractivity contribution < 1.29 is 20.1 Å². The topological polar surface area (TPSA) is 77.8 Å². The molecule has 0 radical (unpaired) electrons. The predicted molar refractivity (Wildman–Crippen MR) is 94.4 cm³/mol. The van der Waals surface area contributed by atoms with Gasteiger partial charge in [-0.25, -0.2) is 4.79 Å². The second-order valence-electron chi connectivity index (χ2n) is 6.73. The minimum Gasteiger partial charge on any atom is -0.478 e. The molecule has 1 atom stereocenters. The molecule has 0 amide bonds. The Morgan fingerprint density at radius 2 is 1.48 bits per heavy atom. The van der Waals surface area contributed by atoms with Crippen molar-refractivity contribution in [1.29, 1.82) is 0 Å². The van der Waals surface area contributed by atoms with Crippen molar-refractivity contribution in [2.75, 3.05) is 6.61 Å². The monoisotopic (exact) mass is 328 g/mol. The third kappa shape index (κ3) is 11.3. The van der Waals surface area contributed by atoms with Gasteiger partial charge in [-0.3, -0.25) is 0 Å². The standard InChI is InChI=1S/C10H18.C5H8O2.C4H10O2/c1-2-6-9(5-1)10-7-3-4-8-10;1-3-4(2)5(6)7;1-4(6)2-3-5/h9-10H,1-8H2;3H,1-2H3,(H,6,7);4-6H,2-3H2,1H3. The molecule has 0 aromatic rings. The van der Waals surface area contributed by atoms with Crippen LogP contribution in [0.25, 0.3) is 0 Å². The zero-order valence-electron chi connectivity index (χ0n) is 15.1. The van der Waals surface area contributed by atoms with Crippen molar-refractivity contribution in [1.82, 2.24) is 0 Å². The molecule has 4 nitrogen and oxygen atoms in total. The third-order valence-corrected chi connectivity index (χ3v) is 4.78. The first-order chi connectivity index (χ1) is 10.9. The number of aliphatic carboxylic acids is 1. The molecule has 2 aliphatic carbocycles. The Hall–Kier alpha value is -0.870. The molecule has 0 aromatic heterocycles. The van der Waals surface area contributed by atoms with Gasteiger partial charge in [-0.2, -0.15) is 0 Å². The highest BCUT2D eigenvalue weighted by Gasteiger charge is 2.26. The lowest BCUT2D eigenvalue weighted by molar-refractivity contribution is -0.132. The second kappa shape index (κ2) is 13.6. The lowest BCUT2D eigenvalue weighted by Crippen LogP contribution is -2.06. The molecule has 2 aliphatic rings. The number of rotatable bonds is 4. The maximum absolute atomic E-state index is 9.86. The number of carboxylic acids is 1. The SMILES string of the molecule is C1CCC(C2CCCC2)C1.CC(O)CCO.CC=C(C)C(=O)O. The van der Waals surface area contributed by atoms with Crippen LogP contribution in [0, 0.1) is 11.8 Å². The predicted octanol–water partition coefficient (Wildman–Crippen LogP) is 4.15. The molecular formula is C19H36O4. The average molecular weight is 328 g/mol. The fraction of sp³-hybridized carbons (Fsp3) is 0.842. The molecule has 23 heavy (non-hydrogen) atoms. The molecule has 136 valence electrons. The number of allylic oxidation sites excluding steroid dienone is 1. The molecule has 0 aliphatic heterocycles. The first kappa shape index (κ1) is 22.1. The van der Waals surface area contributed by atoms with Gasteiger partial charge in [0, 0.05) is 12.2 Å². The van der Waals surface area contributed by atoms with Crippen LogP contribution in [0.5, 0.6) is 0 Å². The Bertz CT molecular complexity index is 310. The maximum atomic E-state index is 9.86. The van der Waals surface area contributed by atoms with E-state index in [0.717, 1.165) is 11.8 Å². The van der Waals surface area contributed by atoms with E-state index in [1.54, 1.807) is 52.5 Å². The summed E-state index contributed by atoms with van der Waals surface area (Å²) in [5.41, 5.74) is 0.389. The zero-order chi connectivity index (χ0) is 17.7. The number of hydrogen-bond donors (Lipinski definition) is 3. The van der Waals surface area contributed by atoms with Crippen LogP contribution in [0.2, 0.25) is 0 Å². The van der Waals surface area contributed by atoms with E-state index in [1.807, 2.05) is 0 Å². The van der Waals surface area contributed by atoms with Gasteiger partial charge in [0.05, 0.1) is 6.10 Å². The third-order valence-electron chi connectivity index (χ3n) is 4.78. The maximum Gasteiger partial charge on any atom is 0.330 e. The van der Waals surface area contributed by atoms with Gasteiger partial charge in [-0.05, 0) is 39.0 Å². The van der Waals surface area contributed by atoms with E-state index in [0.29, 0.717) is 12.0 Å². The van der Waals surface area contributed by atoms with E-state index in [1.165, 1.54) is 25.7 Å². The summed E-state index contributed by atoms with van der Waals surface area (Å²) < 4.78 is 0. The highest BCUT2D eigenvalue weighted by Crippen LogP contribution is 2.39. The fourth-order valence-corrected chi connectivity index (χ4v) is 3.17. The first-order valence-corrected chi connectivity index (χ1v) is 9.07. The highest BCUT2D eigenvalue weighted by molar-refractivity contribution is 5.85. The van der Waals surface area contributed by atoms with Crippen LogP contribution >= 0.6 is 0 Å². The smallest absolute Gasteiger partial charge is 0.330 e. The minimum atomic E-state index is -0.845. The van der Waals surface area contributed by atoms with Crippen molar-refractivity contribution in [3.05, 3.63) is 11.6 Å². The lowest BCUT2D eigenvalue weighted by Gasteiger charge is -2.16. The molecule has 0 heterocycles. The molecule has 0 saturated heterocycles. The van der Waals surface area contributed by atoms with Gasteiger partial charge in [-0.15, -0.1) is 0 Å². The van der Waals surface area contributed by atoms with E-state index >= 15 is 0 Å². The number of carbonyl (C=O) groups is 1. The van der Waals surface area contributed by atoms with Crippen molar-refractivity contribution >= 4 is 5.97 Å². The van der Waals surface area contributed by atoms with Gasteiger partial charge in [0.25, 0.3) is 0 Å². The van der Waals surface area contributed by atoms with Gasteiger partial charge < -0.3 is 15.3 Å². The van der Waals surface area contributed by atoms with E-state index in [2.05, 4.69) is 0 Å². The van der Waals surface area contributed by atoms with Crippen LogP contribution in [-0.2, 0) is 4.79 Å². The zero-order valence-corrected chi connectivity index (χ0v) is 15.1. The number of aliphatic hydroxyl groups is 2. The Morgan fingerprint density at radius 3 is 1.61 bits per heavy atom. The van der Waals surface area contributed by atoms with E-state index in [-0.39, 0.29) is 12.7 Å².